The Morgan fingerprint density at radius 3 is 1.79 bits per heavy atom. The standard InChI is InChI=1S/C56H37N/c1-2-12-39(13-3-1)55-35-49(48-17-7-11-21-54(48)57-55)38-26-22-36(23-27-38)40-28-24-37-25-29-41(33-43(37)32-40)42-30-31-47-46-16-6-10-20-52(46)56(53(47)34-42)50-18-8-4-14-44(50)45-15-5-9-19-51(45)56/h1-4,6-8,10-35H,5,9H2. The van der Waals surface area contributed by atoms with Gasteiger partial charge in [0.15, 0.2) is 0 Å². The van der Waals surface area contributed by atoms with Gasteiger partial charge in [-0.15, -0.1) is 0 Å². The van der Waals surface area contributed by atoms with Gasteiger partial charge in [0.1, 0.15) is 0 Å². The van der Waals surface area contributed by atoms with Crippen LogP contribution in [0.15, 0.2) is 206 Å². The molecule has 12 rings (SSSR count). The molecule has 1 heteroatoms. The molecule has 9 aromatic rings. The number of fused-ring (bicyclic) bond motifs is 12. The zero-order valence-corrected chi connectivity index (χ0v) is 31.4. The molecule has 0 radical (unpaired) electrons. The highest BCUT2D eigenvalue weighted by molar-refractivity contribution is 6.01. The fourth-order valence-corrected chi connectivity index (χ4v) is 10.1. The normalized spacial score (nSPS) is 16.2. The van der Waals surface area contributed by atoms with E-state index in [1.165, 1.54) is 88.7 Å². The van der Waals surface area contributed by atoms with Crippen LogP contribution in [0.25, 0.3) is 83.0 Å². The van der Waals surface area contributed by atoms with Gasteiger partial charge in [0.05, 0.1) is 16.6 Å². The lowest BCUT2D eigenvalue weighted by Crippen LogP contribution is -2.26. The number of para-hydroxylation sites is 1. The average molecular weight is 724 g/mol. The number of allylic oxidation sites excluding steroid dienone is 4. The Hall–Kier alpha value is -7.09. The van der Waals surface area contributed by atoms with E-state index in [2.05, 4.69) is 200 Å². The number of rotatable bonds is 4. The first-order valence-corrected chi connectivity index (χ1v) is 20.1. The van der Waals surface area contributed by atoms with Crippen LogP contribution in [-0.2, 0) is 5.41 Å². The lowest BCUT2D eigenvalue weighted by atomic mass is 9.69. The van der Waals surface area contributed by atoms with Gasteiger partial charge in [0.2, 0.25) is 0 Å². The minimum atomic E-state index is -0.299. The minimum Gasteiger partial charge on any atom is -0.248 e. The summed E-state index contributed by atoms with van der Waals surface area (Å²) in [5.74, 6) is 0. The summed E-state index contributed by atoms with van der Waals surface area (Å²) in [6, 6.07) is 69.4. The molecule has 0 N–H and O–H groups in total. The van der Waals surface area contributed by atoms with Gasteiger partial charge in [0.25, 0.3) is 0 Å². The number of benzene rings is 8. The maximum atomic E-state index is 5.02. The average Bonchev–Trinajstić information content (AvgIpc) is 3.76. The van der Waals surface area contributed by atoms with E-state index in [-0.39, 0.29) is 5.41 Å². The summed E-state index contributed by atoms with van der Waals surface area (Å²) in [4.78, 5) is 5.02. The SMILES string of the molecule is C1=C2C(=CCC1)C1(c3ccccc32)c2ccccc2-c2ccc(-c3ccc4ccc(-c5ccc(-c6cc(-c7ccccc7)nc7ccccc67)cc5)cc4c3)cc21. The van der Waals surface area contributed by atoms with Crippen molar-refractivity contribution in [2.75, 3.05) is 0 Å². The van der Waals surface area contributed by atoms with Crippen LogP contribution >= 0.6 is 0 Å². The maximum Gasteiger partial charge on any atom is 0.0722 e. The third-order valence-electron chi connectivity index (χ3n) is 12.7. The van der Waals surface area contributed by atoms with Crippen LogP contribution in [0.5, 0.6) is 0 Å². The van der Waals surface area contributed by atoms with Crippen molar-refractivity contribution >= 4 is 27.2 Å². The van der Waals surface area contributed by atoms with Crippen molar-refractivity contribution in [3.63, 3.8) is 0 Å². The van der Waals surface area contributed by atoms with E-state index in [9.17, 15) is 0 Å². The molecule has 0 saturated heterocycles. The van der Waals surface area contributed by atoms with Crippen molar-refractivity contribution in [2.45, 2.75) is 18.3 Å². The molecule has 57 heavy (non-hydrogen) atoms. The van der Waals surface area contributed by atoms with Crippen molar-refractivity contribution in [1.82, 2.24) is 4.98 Å². The number of hydrogen-bond donors (Lipinski definition) is 0. The molecule has 1 atom stereocenters. The predicted molar refractivity (Wildman–Crippen MR) is 238 cm³/mol. The summed E-state index contributed by atoms with van der Waals surface area (Å²) in [6.07, 6.45) is 7.18. The monoisotopic (exact) mass is 723 g/mol. The van der Waals surface area contributed by atoms with E-state index in [0.29, 0.717) is 0 Å². The zero-order valence-electron chi connectivity index (χ0n) is 31.4. The Bertz CT molecular complexity index is 3160. The first kappa shape index (κ1) is 32.2. The van der Waals surface area contributed by atoms with E-state index in [1.807, 2.05) is 0 Å². The van der Waals surface area contributed by atoms with Gasteiger partial charge in [-0.1, -0.05) is 170 Å². The Morgan fingerprint density at radius 2 is 0.965 bits per heavy atom. The van der Waals surface area contributed by atoms with E-state index < -0.39 is 0 Å². The molecule has 3 aliphatic rings. The van der Waals surface area contributed by atoms with E-state index >= 15 is 0 Å². The summed E-state index contributed by atoms with van der Waals surface area (Å²) in [7, 11) is 0. The lowest BCUT2D eigenvalue weighted by molar-refractivity contribution is 0.782. The molecule has 266 valence electrons. The molecule has 0 saturated carbocycles. The Labute approximate surface area is 333 Å². The van der Waals surface area contributed by atoms with Crippen LogP contribution in [-0.4, -0.2) is 4.98 Å². The van der Waals surface area contributed by atoms with E-state index in [4.69, 9.17) is 4.98 Å². The summed E-state index contributed by atoms with van der Waals surface area (Å²) < 4.78 is 0. The third kappa shape index (κ3) is 4.79. The quantitative estimate of drug-likeness (QED) is 0.176. The smallest absolute Gasteiger partial charge is 0.0722 e. The highest BCUT2D eigenvalue weighted by Crippen LogP contribution is 2.64. The van der Waals surface area contributed by atoms with Gasteiger partial charge >= 0.3 is 0 Å². The molecule has 1 nitrogen and oxygen atoms in total. The van der Waals surface area contributed by atoms with Crippen molar-refractivity contribution < 1.29 is 0 Å². The van der Waals surface area contributed by atoms with Crippen molar-refractivity contribution in [3.05, 3.63) is 228 Å². The Balaban J connectivity index is 0.936. The van der Waals surface area contributed by atoms with Gasteiger partial charge < -0.3 is 0 Å². The van der Waals surface area contributed by atoms with E-state index in [0.717, 1.165) is 35.0 Å². The van der Waals surface area contributed by atoms with Crippen molar-refractivity contribution in [2.24, 2.45) is 0 Å². The molecule has 1 spiro atoms. The molecular formula is C56H37N. The van der Waals surface area contributed by atoms with Gasteiger partial charge in [-0.05, 0) is 132 Å². The van der Waals surface area contributed by atoms with Gasteiger partial charge in [0, 0.05) is 10.9 Å². The molecule has 1 unspecified atom stereocenters. The zero-order chi connectivity index (χ0) is 37.5. The molecule has 1 aromatic heterocycles. The number of nitrogens with zero attached hydrogens (tertiary/aromatic N) is 1. The second kappa shape index (κ2) is 12.5. The second-order valence-electron chi connectivity index (χ2n) is 15.7. The molecule has 1 heterocycles. The number of hydrogen-bond acceptors (Lipinski definition) is 1. The lowest BCUT2D eigenvalue weighted by Gasteiger charge is -2.32. The van der Waals surface area contributed by atoms with Crippen LogP contribution in [0.3, 0.4) is 0 Å². The highest BCUT2D eigenvalue weighted by Gasteiger charge is 2.53. The van der Waals surface area contributed by atoms with Crippen molar-refractivity contribution in [3.8, 4) is 55.8 Å². The van der Waals surface area contributed by atoms with Crippen LogP contribution in [0, 0.1) is 0 Å². The topological polar surface area (TPSA) is 12.9 Å². The van der Waals surface area contributed by atoms with Crippen LogP contribution < -0.4 is 0 Å². The molecule has 0 bridgehead atoms. The second-order valence-corrected chi connectivity index (χ2v) is 15.7. The van der Waals surface area contributed by atoms with Crippen LogP contribution in [0.4, 0.5) is 0 Å². The molecule has 8 aromatic carbocycles. The van der Waals surface area contributed by atoms with E-state index in [1.54, 1.807) is 0 Å². The largest absolute Gasteiger partial charge is 0.248 e. The fraction of sp³-hybridized carbons (Fsp3) is 0.0536. The maximum absolute atomic E-state index is 5.02. The molecule has 0 aliphatic heterocycles. The Morgan fingerprint density at radius 1 is 0.368 bits per heavy atom. The molecule has 0 amide bonds. The summed E-state index contributed by atoms with van der Waals surface area (Å²) >= 11 is 0. The highest BCUT2D eigenvalue weighted by atomic mass is 14.7. The first-order chi connectivity index (χ1) is 28.2. The first-order valence-electron chi connectivity index (χ1n) is 20.1. The van der Waals surface area contributed by atoms with Crippen LogP contribution in [0.1, 0.15) is 35.1 Å². The summed E-state index contributed by atoms with van der Waals surface area (Å²) in [5.41, 5.74) is 21.3. The molecule has 0 fully saturated rings. The fourth-order valence-electron chi connectivity index (χ4n) is 10.1. The summed E-state index contributed by atoms with van der Waals surface area (Å²) in [6.45, 7) is 0. The van der Waals surface area contributed by atoms with Gasteiger partial charge in [-0.25, -0.2) is 4.98 Å². The minimum absolute atomic E-state index is 0.299. The number of aromatic nitrogens is 1. The van der Waals surface area contributed by atoms with Gasteiger partial charge in [-0.2, -0.15) is 0 Å². The molecular weight excluding hydrogens is 687 g/mol. The number of pyridine rings is 1. The third-order valence-corrected chi connectivity index (χ3v) is 12.7. The Kier molecular flexibility index (Phi) is 7.04. The van der Waals surface area contributed by atoms with Crippen LogP contribution in [0.2, 0.25) is 0 Å². The van der Waals surface area contributed by atoms with Crippen molar-refractivity contribution in [1.29, 1.82) is 0 Å². The van der Waals surface area contributed by atoms with Gasteiger partial charge in [-0.3, -0.25) is 0 Å². The predicted octanol–water partition coefficient (Wildman–Crippen LogP) is 14.5. The molecule has 3 aliphatic carbocycles. The summed E-state index contributed by atoms with van der Waals surface area (Å²) in [5, 5.41) is 3.65.